The molecule has 0 heterocycles. The van der Waals surface area contributed by atoms with Crippen molar-refractivity contribution in [1.82, 2.24) is 0 Å². The lowest BCUT2D eigenvalue weighted by atomic mass is 9.96. The third-order valence-electron chi connectivity index (χ3n) is 6.04. The number of anilines is 1. The topological polar surface area (TPSA) is 15.6 Å². The number of hydrogen-bond donors (Lipinski definition) is 0. The van der Waals surface area contributed by atoms with Crippen LogP contribution < -0.4 is 4.90 Å². The van der Waals surface area contributed by atoms with Gasteiger partial charge >= 0.3 is 0 Å². The molecule has 0 bridgehead atoms. The fourth-order valence-electron chi connectivity index (χ4n) is 3.67. The van der Waals surface area contributed by atoms with Gasteiger partial charge in [0.05, 0.1) is 11.4 Å². The first-order valence-electron chi connectivity index (χ1n) is 11.9. The summed E-state index contributed by atoms with van der Waals surface area (Å²) in [6.07, 6.45) is 5.51. The maximum absolute atomic E-state index is 4.82. The number of aliphatic imine (C=N–C) groups is 1. The minimum absolute atomic E-state index is 0.433. The molecule has 0 aromatic heterocycles. The van der Waals surface area contributed by atoms with E-state index in [9.17, 15) is 0 Å². The molecule has 3 aromatic rings. The van der Waals surface area contributed by atoms with Crippen LogP contribution in [0.2, 0.25) is 0 Å². The summed E-state index contributed by atoms with van der Waals surface area (Å²) in [7, 11) is 2.21. The number of nitrogens with zero attached hydrogens (tertiary/aromatic N) is 2. The Morgan fingerprint density at radius 1 is 1.00 bits per heavy atom. The molecule has 2 nitrogen and oxygen atoms in total. The fourth-order valence-corrected chi connectivity index (χ4v) is 4.94. The monoisotopic (exact) mass is 456 g/mol. The summed E-state index contributed by atoms with van der Waals surface area (Å²) in [5.41, 5.74) is 6.69. The maximum Gasteiger partial charge on any atom is 0.0629 e. The van der Waals surface area contributed by atoms with Crippen molar-refractivity contribution in [2.24, 2.45) is 4.99 Å². The highest BCUT2D eigenvalue weighted by Gasteiger charge is 2.19. The van der Waals surface area contributed by atoms with Gasteiger partial charge in [-0.2, -0.15) is 0 Å². The van der Waals surface area contributed by atoms with E-state index in [4.69, 9.17) is 4.99 Å². The molecule has 0 saturated carbocycles. The molecule has 1 unspecified atom stereocenters. The standard InChI is InChI=1S/C30H36N2S/c1-6-8-19-33-29-21-26(24(4)25-15-11-9-12-16-25)20-27(30(29)32(5)23(3)7-2)22-31-28-17-13-10-14-18-28/h9-18,20-23H,4,6-8,19H2,1-3,5H3. The minimum Gasteiger partial charge on any atom is -0.370 e. The first-order chi connectivity index (χ1) is 16.0. The Balaban J connectivity index is 2.14. The molecule has 3 rings (SSSR count). The zero-order valence-corrected chi connectivity index (χ0v) is 21.2. The van der Waals surface area contributed by atoms with Crippen molar-refractivity contribution in [3.05, 3.63) is 96.1 Å². The predicted molar refractivity (Wildman–Crippen MR) is 149 cm³/mol. The van der Waals surface area contributed by atoms with Crippen LogP contribution in [0.5, 0.6) is 0 Å². The van der Waals surface area contributed by atoms with Crippen molar-refractivity contribution in [1.29, 1.82) is 0 Å². The summed E-state index contributed by atoms with van der Waals surface area (Å²) in [5.74, 6) is 1.11. The Bertz CT molecular complexity index is 1060. The first kappa shape index (κ1) is 24.9. The van der Waals surface area contributed by atoms with Crippen molar-refractivity contribution in [3.8, 4) is 0 Å². The first-order valence-corrected chi connectivity index (χ1v) is 12.9. The van der Waals surface area contributed by atoms with E-state index in [1.54, 1.807) is 0 Å². The molecular weight excluding hydrogens is 420 g/mol. The molecule has 0 saturated heterocycles. The van der Waals surface area contributed by atoms with Crippen molar-refractivity contribution in [2.45, 2.75) is 51.0 Å². The summed E-state index contributed by atoms with van der Waals surface area (Å²) >= 11 is 1.95. The zero-order chi connectivity index (χ0) is 23.6. The van der Waals surface area contributed by atoms with Gasteiger partial charge in [0.15, 0.2) is 0 Å². The van der Waals surface area contributed by atoms with E-state index in [0.29, 0.717) is 6.04 Å². The van der Waals surface area contributed by atoms with Gasteiger partial charge in [0.1, 0.15) is 0 Å². The molecule has 0 radical (unpaired) electrons. The molecule has 1 atom stereocenters. The third-order valence-corrected chi connectivity index (χ3v) is 7.16. The van der Waals surface area contributed by atoms with E-state index in [1.165, 1.54) is 23.4 Å². The lowest BCUT2D eigenvalue weighted by molar-refractivity contribution is 0.659. The molecule has 33 heavy (non-hydrogen) atoms. The van der Waals surface area contributed by atoms with Crippen molar-refractivity contribution >= 4 is 34.9 Å². The van der Waals surface area contributed by atoms with E-state index in [0.717, 1.165) is 40.1 Å². The molecular formula is C30H36N2S. The highest BCUT2D eigenvalue weighted by atomic mass is 32.2. The smallest absolute Gasteiger partial charge is 0.0629 e. The van der Waals surface area contributed by atoms with Crippen molar-refractivity contribution < 1.29 is 0 Å². The second-order valence-electron chi connectivity index (χ2n) is 8.42. The number of unbranched alkanes of at least 4 members (excludes halogenated alkanes) is 1. The molecule has 0 aliphatic carbocycles. The maximum atomic E-state index is 4.82. The molecule has 0 fully saturated rings. The Labute approximate surface area is 204 Å². The quantitative estimate of drug-likeness (QED) is 0.163. The summed E-state index contributed by atoms with van der Waals surface area (Å²) < 4.78 is 0. The van der Waals surface area contributed by atoms with Gasteiger partial charge in [-0.3, -0.25) is 4.99 Å². The summed E-state index contributed by atoms with van der Waals surface area (Å²) in [6.45, 7) is 11.2. The lowest BCUT2D eigenvalue weighted by Gasteiger charge is -2.30. The van der Waals surface area contributed by atoms with Crippen LogP contribution in [0.4, 0.5) is 11.4 Å². The normalized spacial score (nSPS) is 12.1. The molecule has 0 amide bonds. The van der Waals surface area contributed by atoms with Gasteiger partial charge in [0.25, 0.3) is 0 Å². The predicted octanol–water partition coefficient (Wildman–Crippen LogP) is 8.63. The number of hydrogen-bond acceptors (Lipinski definition) is 3. The van der Waals surface area contributed by atoms with Crippen LogP contribution in [-0.4, -0.2) is 25.1 Å². The molecule has 0 aliphatic rings. The van der Waals surface area contributed by atoms with E-state index in [1.807, 2.05) is 54.4 Å². The Morgan fingerprint density at radius 3 is 2.30 bits per heavy atom. The Kier molecular flexibility index (Phi) is 9.38. The van der Waals surface area contributed by atoms with Gasteiger partial charge in [-0.1, -0.05) is 75.4 Å². The molecule has 0 spiro atoms. The van der Waals surface area contributed by atoms with Gasteiger partial charge in [0.2, 0.25) is 0 Å². The van der Waals surface area contributed by atoms with Crippen LogP contribution in [0, 0.1) is 0 Å². The highest BCUT2D eigenvalue weighted by molar-refractivity contribution is 7.99. The van der Waals surface area contributed by atoms with Gasteiger partial charge in [-0.05, 0) is 66.5 Å². The fraction of sp³-hybridized carbons (Fsp3) is 0.300. The second kappa shape index (κ2) is 12.5. The van der Waals surface area contributed by atoms with E-state index < -0.39 is 0 Å². The summed E-state index contributed by atoms with van der Waals surface area (Å²) in [5, 5.41) is 0. The molecule has 3 heteroatoms. The third kappa shape index (κ3) is 6.61. The number of thioether (sulfide) groups is 1. The van der Waals surface area contributed by atoms with Crippen LogP contribution in [0.25, 0.3) is 5.57 Å². The van der Waals surface area contributed by atoms with Gasteiger partial charge in [-0.15, -0.1) is 11.8 Å². The number of rotatable bonds is 11. The second-order valence-corrected chi connectivity index (χ2v) is 9.56. The summed E-state index contributed by atoms with van der Waals surface area (Å²) in [6, 6.07) is 25.6. The SMILES string of the molecule is C=C(c1ccccc1)c1cc(C=Nc2ccccc2)c(N(C)C(C)CC)c(SCCCC)c1. The highest BCUT2D eigenvalue weighted by Crippen LogP contribution is 2.38. The largest absolute Gasteiger partial charge is 0.370 e. The van der Waals surface area contributed by atoms with Gasteiger partial charge in [-0.25, -0.2) is 0 Å². The van der Waals surface area contributed by atoms with Gasteiger partial charge in [0, 0.05) is 29.8 Å². The molecule has 3 aromatic carbocycles. The van der Waals surface area contributed by atoms with Crippen LogP contribution in [0.1, 0.15) is 56.7 Å². The van der Waals surface area contributed by atoms with E-state index >= 15 is 0 Å². The van der Waals surface area contributed by atoms with Crippen LogP contribution >= 0.6 is 11.8 Å². The van der Waals surface area contributed by atoms with Crippen molar-refractivity contribution in [3.63, 3.8) is 0 Å². The molecule has 172 valence electrons. The van der Waals surface area contributed by atoms with E-state index in [2.05, 4.69) is 75.7 Å². The zero-order valence-electron chi connectivity index (χ0n) is 20.4. The summed E-state index contributed by atoms with van der Waals surface area (Å²) in [4.78, 5) is 8.54. The minimum atomic E-state index is 0.433. The van der Waals surface area contributed by atoms with Crippen LogP contribution in [-0.2, 0) is 0 Å². The van der Waals surface area contributed by atoms with Crippen LogP contribution in [0.3, 0.4) is 0 Å². The van der Waals surface area contributed by atoms with Gasteiger partial charge < -0.3 is 4.90 Å². The molecule has 0 N–H and O–H groups in total. The number of para-hydroxylation sites is 1. The van der Waals surface area contributed by atoms with E-state index in [-0.39, 0.29) is 0 Å². The van der Waals surface area contributed by atoms with Crippen molar-refractivity contribution in [2.75, 3.05) is 17.7 Å². The Hall–Kier alpha value is -2.78. The number of benzene rings is 3. The molecule has 0 aliphatic heterocycles. The average molecular weight is 457 g/mol. The van der Waals surface area contributed by atoms with Crippen LogP contribution in [0.15, 0.2) is 89.3 Å². The lowest BCUT2D eigenvalue weighted by Crippen LogP contribution is -2.29. The average Bonchev–Trinajstić information content (AvgIpc) is 2.87. The Morgan fingerprint density at radius 2 is 1.67 bits per heavy atom.